The minimum absolute atomic E-state index is 0. The van der Waals surface area contributed by atoms with Gasteiger partial charge in [-0.25, -0.2) is 37.9 Å². The van der Waals surface area contributed by atoms with E-state index in [9.17, 15) is 66.7 Å². The largest absolute Gasteiger partial charge is 0.469 e. The lowest BCUT2D eigenvalue weighted by atomic mass is 9.86. The third-order valence-corrected chi connectivity index (χ3v) is 14.5. The molecule has 0 aliphatic heterocycles. The summed E-state index contributed by atoms with van der Waals surface area (Å²) in [5.41, 5.74) is -2.62. The standard InChI is InChI=1S/C34H54O20P2.C34H52O14.H2O/c1-23(2)30(37)47-19-26(53-28(35)14-10-8-12-16-51-55(41,42)43)21-49-32(39)25(5)18-34(6,7)33(40)50-22-27(20-48-31(38)24(3)4)54-29(36)15-11-9-13-17-52-56(44,45)46;1-23(2)30(39)43-19-26(47-28(37)14-10-8-12-16-35)21-45-32(41)25(5)18-34(6,7)33(42)46-22-27(20-44-31(40)24(3)4)48-29(38)15-11-9-13-17-36;/h26-27H,1,3,5,8-22H2,2,4,6-7H3,(H2,41,42,43)(H2,44,45,46);26-27,35-36H,1,3,5,8-22H2,2,4,6-7H3;1H2. The van der Waals surface area contributed by atoms with Crippen molar-refractivity contribution in [2.45, 2.75) is 195 Å². The van der Waals surface area contributed by atoms with Gasteiger partial charge in [0.15, 0.2) is 24.4 Å². The van der Waals surface area contributed by atoms with Gasteiger partial charge in [0.2, 0.25) is 0 Å². The van der Waals surface area contributed by atoms with E-state index in [1.807, 2.05) is 0 Å². The van der Waals surface area contributed by atoms with E-state index in [2.05, 4.69) is 48.5 Å². The molecule has 0 rings (SSSR count). The second-order valence-corrected chi connectivity index (χ2v) is 27.5. The molecule has 0 aromatic heterocycles. The predicted octanol–water partition coefficient (Wildman–Crippen LogP) is 5.84. The van der Waals surface area contributed by atoms with Crippen LogP contribution < -0.4 is 0 Å². The molecule has 0 fully saturated rings. The number of rotatable bonds is 56. The molecular weight excluding hydrogens is 1440 g/mol. The summed E-state index contributed by atoms with van der Waals surface area (Å²) in [6.07, 6.45) is -0.306. The summed E-state index contributed by atoms with van der Waals surface area (Å²) in [4.78, 5) is 184. The van der Waals surface area contributed by atoms with Gasteiger partial charge < -0.3 is 92.1 Å². The Bertz CT molecular complexity index is 2990. The molecule has 35 nitrogen and oxygen atoms in total. The van der Waals surface area contributed by atoms with Crippen LogP contribution in [0.4, 0.5) is 0 Å². The number of phosphoric acid groups is 2. The molecule has 0 aromatic rings. The number of hydrogen-bond donors (Lipinski definition) is 6. The molecule has 0 aromatic carbocycles. The van der Waals surface area contributed by atoms with E-state index < -0.39 is 175 Å². The molecule has 0 aliphatic rings. The van der Waals surface area contributed by atoms with Crippen molar-refractivity contribution in [1.82, 2.24) is 0 Å². The number of ether oxygens (including phenoxy) is 12. The zero-order valence-electron chi connectivity index (χ0n) is 61.3. The van der Waals surface area contributed by atoms with Crippen LogP contribution in [0.5, 0.6) is 0 Å². The fourth-order valence-corrected chi connectivity index (χ4v) is 8.55. The number of aliphatic hydroxyl groups is 2. The summed E-state index contributed by atoms with van der Waals surface area (Å²) in [6.45, 7) is 28.6. The summed E-state index contributed by atoms with van der Waals surface area (Å²) < 4.78 is 92.9. The molecule has 0 spiro atoms. The lowest BCUT2D eigenvalue weighted by molar-refractivity contribution is -0.170. The number of unbranched alkanes of at least 4 members (excludes halogenated alkanes) is 8. The summed E-state index contributed by atoms with van der Waals surface area (Å²) >= 11 is 0. The molecule has 0 amide bonds. The van der Waals surface area contributed by atoms with E-state index in [1.54, 1.807) is 0 Å². The highest BCUT2D eigenvalue weighted by Crippen LogP contribution is 2.37. The molecule has 37 heteroatoms. The topological polar surface area (TPSA) is 521 Å². The first-order valence-corrected chi connectivity index (χ1v) is 36.2. The zero-order valence-corrected chi connectivity index (χ0v) is 63.1. The van der Waals surface area contributed by atoms with E-state index >= 15 is 0 Å². The van der Waals surface area contributed by atoms with Gasteiger partial charge in [0.1, 0.15) is 52.9 Å². The van der Waals surface area contributed by atoms with Gasteiger partial charge in [-0.2, -0.15) is 0 Å². The fourth-order valence-electron chi connectivity index (χ4n) is 7.82. The first kappa shape index (κ1) is 101. The predicted molar refractivity (Wildman–Crippen MR) is 369 cm³/mol. The normalized spacial score (nSPS) is 12.3. The molecular formula is C68H108O35P2. The van der Waals surface area contributed by atoms with Crippen LogP contribution in [0.25, 0.3) is 0 Å². The Hall–Kier alpha value is -7.82. The van der Waals surface area contributed by atoms with Crippen LogP contribution in [0.15, 0.2) is 72.9 Å². The van der Waals surface area contributed by atoms with E-state index in [-0.39, 0.29) is 130 Å². The molecule has 0 saturated carbocycles. The van der Waals surface area contributed by atoms with Crippen molar-refractivity contribution in [1.29, 1.82) is 0 Å². The minimum atomic E-state index is -4.60. The first-order chi connectivity index (χ1) is 48.4. The highest BCUT2D eigenvalue weighted by atomic mass is 31.2. The van der Waals surface area contributed by atoms with Crippen LogP contribution in [-0.4, -0.2) is 211 Å². The lowest BCUT2D eigenvalue weighted by Gasteiger charge is -2.25. The van der Waals surface area contributed by atoms with Crippen LogP contribution >= 0.6 is 15.6 Å². The van der Waals surface area contributed by atoms with Crippen LogP contribution in [0.3, 0.4) is 0 Å². The van der Waals surface area contributed by atoms with Gasteiger partial charge in [0, 0.05) is 72.3 Å². The van der Waals surface area contributed by atoms with Crippen molar-refractivity contribution in [3.8, 4) is 0 Å². The maximum atomic E-state index is 13.1. The Balaban J connectivity index is -0.00000199. The molecule has 4 unspecified atom stereocenters. The number of phosphoric ester groups is 2. The Morgan fingerprint density at radius 1 is 0.333 bits per heavy atom. The van der Waals surface area contributed by atoms with Gasteiger partial charge in [-0.05, 0) is 120 Å². The summed E-state index contributed by atoms with van der Waals surface area (Å²) in [5.74, 6) is -9.19. The Labute approximate surface area is 611 Å². The minimum Gasteiger partial charge on any atom is -0.461 e. The Morgan fingerprint density at radius 3 is 0.752 bits per heavy atom. The van der Waals surface area contributed by atoms with E-state index in [0.29, 0.717) is 51.4 Å². The van der Waals surface area contributed by atoms with Crippen LogP contribution in [0.1, 0.15) is 171 Å². The maximum Gasteiger partial charge on any atom is 0.469 e. The van der Waals surface area contributed by atoms with Crippen molar-refractivity contribution >= 4 is 87.3 Å². The Morgan fingerprint density at radius 2 is 0.543 bits per heavy atom. The van der Waals surface area contributed by atoms with Crippen LogP contribution in [0, 0.1) is 10.8 Å². The highest BCUT2D eigenvalue weighted by Gasteiger charge is 2.36. The molecule has 0 radical (unpaired) electrons. The van der Waals surface area contributed by atoms with Crippen molar-refractivity contribution < 1.29 is 168 Å². The number of carbonyl (C=O) groups excluding carboxylic acids is 12. The molecule has 0 heterocycles. The average Bonchev–Trinajstić information content (AvgIpc) is 0.862. The molecule has 0 saturated heterocycles. The van der Waals surface area contributed by atoms with E-state index in [0.717, 1.165) is 0 Å². The third-order valence-electron chi connectivity index (χ3n) is 13.4. The van der Waals surface area contributed by atoms with Crippen molar-refractivity contribution in [2.24, 2.45) is 10.8 Å². The molecule has 4 atom stereocenters. The number of carbonyl (C=O) groups is 12. The smallest absolute Gasteiger partial charge is 0.461 e. The number of hydrogen-bond acceptors (Lipinski definition) is 30. The molecule has 0 bridgehead atoms. The monoisotopic (exact) mass is 1550 g/mol. The number of aliphatic hydroxyl groups excluding tert-OH is 2. The van der Waals surface area contributed by atoms with E-state index in [1.165, 1.54) is 55.4 Å². The highest BCUT2D eigenvalue weighted by molar-refractivity contribution is 7.46. The summed E-state index contributed by atoms with van der Waals surface area (Å²) in [7, 11) is -9.20. The third kappa shape index (κ3) is 53.6. The van der Waals surface area contributed by atoms with Crippen molar-refractivity contribution in [3.63, 3.8) is 0 Å². The van der Waals surface area contributed by atoms with Gasteiger partial charge in [-0.15, -0.1) is 0 Å². The second kappa shape index (κ2) is 54.7. The lowest BCUT2D eigenvalue weighted by Crippen LogP contribution is -2.35. The van der Waals surface area contributed by atoms with Gasteiger partial charge >= 0.3 is 87.3 Å². The fraction of sp³-hybridized carbons (Fsp3) is 0.647. The Kier molecular flexibility index (Phi) is 52.8. The molecule has 105 heavy (non-hydrogen) atoms. The average molecular weight is 1550 g/mol. The molecule has 8 N–H and O–H groups in total. The summed E-state index contributed by atoms with van der Waals surface area (Å²) in [6, 6.07) is 0. The quantitative estimate of drug-likeness (QED) is 0.0137. The van der Waals surface area contributed by atoms with Crippen LogP contribution in [-0.2, 0) is 133 Å². The number of esters is 12. The molecule has 0 aliphatic carbocycles. The molecule has 600 valence electrons. The first-order valence-electron chi connectivity index (χ1n) is 33.1. The van der Waals surface area contributed by atoms with Gasteiger partial charge in [-0.3, -0.25) is 37.8 Å². The van der Waals surface area contributed by atoms with Crippen LogP contribution in [0.2, 0.25) is 0 Å². The van der Waals surface area contributed by atoms with Gasteiger partial charge in [0.05, 0.1) is 24.0 Å². The van der Waals surface area contributed by atoms with Crippen molar-refractivity contribution in [2.75, 3.05) is 79.3 Å². The summed E-state index contributed by atoms with van der Waals surface area (Å²) in [5, 5.41) is 17.8. The van der Waals surface area contributed by atoms with Gasteiger partial charge in [0.25, 0.3) is 0 Å². The van der Waals surface area contributed by atoms with Crippen molar-refractivity contribution in [3.05, 3.63) is 72.9 Å². The van der Waals surface area contributed by atoms with E-state index in [4.69, 9.17) is 86.6 Å². The maximum absolute atomic E-state index is 13.1. The zero-order chi connectivity index (χ0) is 79.8. The van der Waals surface area contributed by atoms with Gasteiger partial charge in [-0.1, -0.05) is 65.2 Å². The SMILES string of the molecule is C=C(C)C(=O)OCC(COC(=O)C(=C)CC(C)(C)C(=O)OCC(COC(=O)C(=C)C)OC(=O)CCCCCO)OC(=O)CCCCCO.C=C(C)C(=O)OCC(COC(=O)C(=C)CC(C)(C)C(=O)OCC(COC(=O)C(=C)C)OC(=O)CCCCCOP(=O)(O)O)OC(=O)CCCCCOP(=O)(O)O.O. The second-order valence-electron chi connectivity index (χ2n) is 25.0.